The smallest absolute Gasteiger partial charge is 0.399 e. The van der Waals surface area contributed by atoms with Gasteiger partial charge in [0, 0.05) is 11.6 Å². The lowest BCUT2D eigenvalue weighted by atomic mass is 9.78. The largest absolute Gasteiger partial charge is 0.495 e. The molecule has 9 heteroatoms. The third kappa shape index (κ3) is 3.03. The molecule has 154 valence electrons. The van der Waals surface area contributed by atoms with E-state index in [9.17, 15) is 13.7 Å². The van der Waals surface area contributed by atoms with E-state index in [1.54, 1.807) is 18.2 Å². The van der Waals surface area contributed by atoms with Crippen molar-refractivity contribution >= 4 is 33.6 Å². The number of hydrogen-bond donors (Lipinski definition) is 0. The predicted octanol–water partition coefficient (Wildman–Crippen LogP) is 2.75. The summed E-state index contributed by atoms with van der Waals surface area (Å²) in [5.41, 5.74) is 0.603. The van der Waals surface area contributed by atoms with Crippen LogP contribution in [0.1, 0.15) is 39.0 Å². The maximum atomic E-state index is 13.3. The summed E-state index contributed by atoms with van der Waals surface area (Å²) in [6, 6.07) is 11.7. The highest BCUT2D eigenvalue weighted by atomic mass is 32.2. The van der Waals surface area contributed by atoms with E-state index in [0.29, 0.717) is 10.8 Å². The third-order valence-electron chi connectivity index (χ3n) is 5.88. The fourth-order valence-corrected chi connectivity index (χ4v) is 4.82. The van der Waals surface area contributed by atoms with Gasteiger partial charge in [0.05, 0.1) is 16.1 Å². The second kappa shape index (κ2) is 6.67. The van der Waals surface area contributed by atoms with E-state index in [1.807, 2.05) is 40.7 Å². The van der Waals surface area contributed by atoms with Crippen LogP contribution in [-0.4, -0.2) is 35.7 Å². The van der Waals surface area contributed by atoms with Crippen LogP contribution in [0, 0.1) is 18.3 Å². The summed E-state index contributed by atoms with van der Waals surface area (Å²) in [5.74, 6) is 0. The van der Waals surface area contributed by atoms with Gasteiger partial charge >= 0.3 is 7.12 Å². The molecule has 3 aromatic rings. The molecule has 0 saturated carbocycles. The second-order valence-electron chi connectivity index (χ2n) is 8.45. The van der Waals surface area contributed by atoms with Crippen molar-refractivity contribution in [2.75, 3.05) is 0 Å². The van der Waals surface area contributed by atoms with Crippen molar-refractivity contribution in [1.29, 1.82) is 5.26 Å². The number of aryl methyl sites for hydroxylation is 1. The maximum Gasteiger partial charge on any atom is 0.495 e. The molecule has 30 heavy (non-hydrogen) atoms. The van der Waals surface area contributed by atoms with Crippen molar-refractivity contribution in [3.05, 3.63) is 53.9 Å². The third-order valence-corrected chi connectivity index (χ3v) is 7.59. The van der Waals surface area contributed by atoms with E-state index in [0.717, 1.165) is 9.54 Å². The summed E-state index contributed by atoms with van der Waals surface area (Å²) in [7, 11) is -4.72. The van der Waals surface area contributed by atoms with Crippen LogP contribution in [0.25, 0.3) is 11.0 Å². The summed E-state index contributed by atoms with van der Waals surface area (Å²) in [5, 5.41) is 10.2. The van der Waals surface area contributed by atoms with Crippen LogP contribution < -0.4 is 5.46 Å². The van der Waals surface area contributed by atoms with Crippen molar-refractivity contribution in [1.82, 2.24) is 8.96 Å². The van der Waals surface area contributed by atoms with Gasteiger partial charge in [0.1, 0.15) is 11.8 Å². The summed E-state index contributed by atoms with van der Waals surface area (Å²) >= 11 is 0. The minimum absolute atomic E-state index is 0.0259. The number of aromatic nitrogens is 2. The normalized spacial score (nSPS) is 17.9. The molecule has 0 spiro atoms. The Bertz CT molecular complexity index is 1270. The SMILES string of the molecule is Cc1ccc(S(=O)(=O)n2c(C#N)cc3c(B4OC(C)(C)C(C)(C)O4)ccnc32)cc1. The Balaban J connectivity index is 1.91. The Morgan fingerprint density at radius 3 is 2.23 bits per heavy atom. The summed E-state index contributed by atoms with van der Waals surface area (Å²) in [6.45, 7) is 9.65. The number of nitriles is 1. The summed E-state index contributed by atoms with van der Waals surface area (Å²) in [4.78, 5) is 4.37. The molecule has 2 aromatic heterocycles. The molecular weight excluding hydrogens is 401 g/mol. The van der Waals surface area contributed by atoms with Crippen LogP contribution in [0.15, 0.2) is 47.5 Å². The first-order valence-corrected chi connectivity index (χ1v) is 11.0. The van der Waals surface area contributed by atoms with Gasteiger partial charge in [-0.05, 0) is 64.3 Å². The molecular formula is C21H22BN3O4S. The van der Waals surface area contributed by atoms with Crippen LogP contribution in [0.3, 0.4) is 0 Å². The zero-order valence-corrected chi connectivity index (χ0v) is 18.3. The number of hydrogen-bond acceptors (Lipinski definition) is 6. The van der Waals surface area contributed by atoms with Gasteiger partial charge in [-0.3, -0.25) is 0 Å². The molecule has 0 amide bonds. The van der Waals surface area contributed by atoms with Gasteiger partial charge in [0.2, 0.25) is 0 Å². The number of rotatable bonds is 3. The molecule has 1 aliphatic heterocycles. The van der Waals surface area contributed by atoms with E-state index in [2.05, 4.69) is 4.98 Å². The van der Waals surface area contributed by atoms with Crippen LogP contribution in [0.5, 0.6) is 0 Å². The predicted molar refractivity (Wildman–Crippen MR) is 114 cm³/mol. The Kier molecular flexibility index (Phi) is 4.58. The lowest BCUT2D eigenvalue weighted by molar-refractivity contribution is 0.00578. The van der Waals surface area contributed by atoms with Crippen molar-refractivity contribution in [2.45, 2.75) is 50.7 Å². The molecule has 0 aliphatic carbocycles. The van der Waals surface area contributed by atoms with Crippen molar-refractivity contribution in [2.24, 2.45) is 0 Å². The number of fused-ring (bicyclic) bond motifs is 1. The van der Waals surface area contributed by atoms with E-state index in [4.69, 9.17) is 9.31 Å². The molecule has 1 fully saturated rings. The van der Waals surface area contributed by atoms with Gasteiger partial charge in [-0.2, -0.15) is 5.26 Å². The fraction of sp³-hybridized carbons (Fsp3) is 0.333. The lowest BCUT2D eigenvalue weighted by Crippen LogP contribution is -2.41. The van der Waals surface area contributed by atoms with E-state index >= 15 is 0 Å². The highest BCUT2D eigenvalue weighted by Gasteiger charge is 2.52. The quantitative estimate of drug-likeness (QED) is 0.602. The van der Waals surface area contributed by atoms with Gasteiger partial charge in [-0.25, -0.2) is 17.4 Å². The maximum absolute atomic E-state index is 13.3. The van der Waals surface area contributed by atoms with E-state index < -0.39 is 28.3 Å². The molecule has 1 aliphatic rings. The first kappa shape index (κ1) is 20.6. The van der Waals surface area contributed by atoms with Gasteiger partial charge < -0.3 is 9.31 Å². The number of pyridine rings is 1. The molecule has 7 nitrogen and oxygen atoms in total. The van der Waals surface area contributed by atoms with Gasteiger partial charge in [-0.15, -0.1) is 0 Å². The molecule has 3 heterocycles. The number of nitrogens with zero attached hydrogens (tertiary/aromatic N) is 3. The lowest BCUT2D eigenvalue weighted by Gasteiger charge is -2.32. The van der Waals surface area contributed by atoms with Gasteiger partial charge in [-0.1, -0.05) is 17.7 Å². The fourth-order valence-electron chi connectivity index (χ4n) is 3.41. The number of benzene rings is 1. The van der Waals surface area contributed by atoms with Crippen LogP contribution in [0.2, 0.25) is 0 Å². The molecule has 0 bridgehead atoms. The van der Waals surface area contributed by atoms with Crippen molar-refractivity contribution in [3.63, 3.8) is 0 Å². The minimum atomic E-state index is -4.02. The topological polar surface area (TPSA) is 94.2 Å². The van der Waals surface area contributed by atoms with Crippen LogP contribution >= 0.6 is 0 Å². The minimum Gasteiger partial charge on any atom is -0.399 e. The molecule has 0 unspecified atom stereocenters. The first-order valence-electron chi connectivity index (χ1n) is 9.56. The van der Waals surface area contributed by atoms with Gasteiger partial charge in [0.25, 0.3) is 10.0 Å². The molecule has 1 aromatic carbocycles. The Morgan fingerprint density at radius 2 is 1.67 bits per heavy atom. The first-order chi connectivity index (χ1) is 14.0. The average molecular weight is 423 g/mol. The average Bonchev–Trinajstić information content (AvgIpc) is 3.16. The Morgan fingerprint density at radius 1 is 1.07 bits per heavy atom. The summed E-state index contributed by atoms with van der Waals surface area (Å²) < 4.78 is 39.9. The van der Waals surface area contributed by atoms with Crippen LogP contribution in [0.4, 0.5) is 0 Å². The Hall–Kier alpha value is -2.67. The highest BCUT2D eigenvalue weighted by Crippen LogP contribution is 2.37. The van der Waals surface area contributed by atoms with Gasteiger partial charge in [0.15, 0.2) is 5.65 Å². The Labute approximate surface area is 176 Å². The monoisotopic (exact) mass is 423 g/mol. The van der Waals surface area contributed by atoms with E-state index in [-0.39, 0.29) is 16.2 Å². The van der Waals surface area contributed by atoms with Crippen molar-refractivity contribution < 1.29 is 17.7 Å². The van der Waals surface area contributed by atoms with Crippen LogP contribution in [-0.2, 0) is 19.3 Å². The summed E-state index contributed by atoms with van der Waals surface area (Å²) in [6.07, 6.45) is 1.50. The molecule has 0 atom stereocenters. The van der Waals surface area contributed by atoms with Crippen molar-refractivity contribution in [3.8, 4) is 6.07 Å². The second-order valence-corrected chi connectivity index (χ2v) is 10.2. The van der Waals surface area contributed by atoms with E-state index in [1.165, 1.54) is 24.4 Å². The molecule has 1 saturated heterocycles. The zero-order chi connectivity index (χ0) is 21.9. The highest BCUT2D eigenvalue weighted by molar-refractivity contribution is 7.90. The zero-order valence-electron chi connectivity index (χ0n) is 17.5. The molecule has 0 radical (unpaired) electrons. The molecule has 0 N–H and O–H groups in total. The standard InChI is InChI=1S/C21H22BN3O4S/c1-14-6-8-16(9-7-14)30(26,27)25-15(13-23)12-17-18(10-11-24-19(17)25)22-28-20(2,3)21(4,5)29-22/h6-12H,1-5H3. The molecule has 4 rings (SSSR count).